The van der Waals surface area contributed by atoms with E-state index in [1.165, 1.54) is 11.6 Å². The molecule has 2 heterocycles. The second-order valence-electron chi connectivity index (χ2n) is 8.36. The van der Waals surface area contributed by atoms with Crippen molar-refractivity contribution in [2.24, 2.45) is 0 Å². The summed E-state index contributed by atoms with van der Waals surface area (Å²) in [6.07, 6.45) is 5.17. The molecule has 2 unspecified atom stereocenters. The molecule has 0 spiro atoms. The van der Waals surface area contributed by atoms with E-state index < -0.39 is 0 Å². The number of nitrogens with one attached hydrogen (secondary N) is 1. The van der Waals surface area contributed by atoms with Crippen LogP contribution in [-0.2, 0) is 4.74 Å². The largest absolute Gasteiger partial charge is 0.397 e. The molecule has 2 N–H and O–H groups in total. The van der Waals surface area contributed by atoms with Crippen molar-refractivity contribution in [1.29, 1.82) is 0 Å². The van der Waals surface area contributed by atoms with Crippen LogP contribution in [0.25, 0.3) is 0 Å². The topological polar surface area (TPSA) is 74.7 Å². The van der Waals surface area contributed by atoms with E-state index in [9.17, 15) is 9.18 Å². The molecule has 5 rings (SSSR count). The van der Waals surface area contributed by atoms with Crippen LogP contribution in [0, 0.1) is 12.7 Å². The van der Waals surface area contributed by atoms with Crippen LogP contribution in [0.2, 0.25) is 0 Å². The van der Waals surface area contributed by atoms with E-state index in [2.05, 4.69) is 10.3 Å². The van der Waals surface area contributed by atoms with E-state index in [1.54, 1.807) is 26.1 Å². The van der Waals surface area contributed by atoms with Crippen LogP contribution >= 0.6 is 0 Å². The Morgan fingerprint density at radius 1 is 1.21 bits per heavy atom. The number of carbonyl (C=O) groups excluding carboxylic acids is 1. The summed E-state index contributed by atoms with van der Waals surface area (Å²) in [7, 11) is 0. The van der Waals surface area contributed by atoms with E-state index in [0.717, 1.165) is 36.2 Å². The summed E-state index contributed by atoms with van der Waals surface area (Å²) in [5.74, 6) is 0.711. The number of morpholine rings is 1. The minimum absolute atomic E-state index is 0.0243. The number of hydrogen-bond acceptors (Lipinski definition) is 5. The first kappa shape index (κ1) is 25.1. The summed E-state index contributed by atoms with van der Waals surface area (Å²) in [5.41, 5.74) is 5.39. The summed E-state index contributed by atoms with van der Waals surface area (Å²) >= 11 is 0. The molecule has 3 aliphatic rings. The second-order valence-corrected chi connectivity index (χ2v) is 8.36. The first-order chi connectivity index (χ1) is 16.0. The van der Waals surface area contributed by atoms with Crippen molar-refractivity contribution in [2.45, 2.75) is 58.8 Å². The number of aliphatic hydroxyl groups is 1. The normalized spacial score (nSPS) is 20.2. The van der Waals surface area contributed by atoms with Gasteiger partial charge in [0.15, 0.2) is 0 Å². The number of nitrogens with zero attached hydrogens (tertiary/aromatic N) is 2. The van der Waals surface area contributed by atoms with Crippen LogP contribution in [0.5, 0.6) is 0 Å². The number of fused-ring (bicyclic) bond motifs is 5. The van der Waals surface area contributed by atoms with Gasteiger partial charge in [-0.25, -0.2) is 9.37 Å². The second kappa shape index (κ2) is 11.6. The maximum atomic E-state index is 13.6. The van der Waals surface area contributed by atoms with Crippen molar-refractivity contribution >= 4 is 17.3 Å². The van der Waals surface area contributed by atoms with Gasteiger partial charge in [0.1, 0.15) is 11.5 Å². The Morgan fingerprint density at radius 3 is 2.48 bits per heavy atom. The number of pyridine rings is 1. The average Bonchev–Trinajstić information content (AvgIpc) is 3.47. The lowest BCUT2D eigenvalue weighted by Crippen LogP contribution is -2.41. The number of anilines is 2. The van der Waals surface area contributed by atoms with Gasteiger partial charge in [0.05, 0.1) is 25.1 Å². The lowest BCUT2D eigenvalue weighted by molar-refractivity contribution is 0.0298. The molecule has 1 aromatic heterocycles. The molecule has 6 nitrogen and oxygen atoms in total. The van der Waals surface area contributed by atoms with E-state index in [0.29, 0.717) is 49.4 Å². The first-order valence-corrected chi connectivity index (χ1v) is 12.1. The smallest absolute Gasteiger partial charge is 0.272 e. The fourth-order valence-electron chi connectivity index (χ4n) is 4.96. The number of amides is 1. The van der Waals surface area contributed by atoms with Crippen LogP contribution in [0.4, 0.5) is 15.8 Å². The van der Waals surface area contributed by atoms with Gasteiger partial charge in [-0.15, -0.1) is 0 Å². The Morgan fingerprint density at radius 2 is 1.85 bits per heavy atom. The molecule has 1 aromatic carbocycles. The summed E-state index contributed by atoms with van der Waals surface area (Å²) < 4.78 is 19.0. The third kappa shape index (κ3) is 5.36. The Bertz CT molecular complexity index is 960. The van der Waals surface area contributed by atoms with Gasteiger partial charge in [-0.3, -0.25) is 4.79 Å². The molecule has 2 atom stereocenters. The van der Waals surface area contributed by atoms with Gasteiger partial charge in [0.2, 0.25) is 0 Å². The number of aromatic nitrogens is 1. The van der Waals surface area contributed by atoms with Gasteiger partial charge in [0.25, 0.3) is 5.91 Å². The molecule has 1 amide bonds. The van der Waals surface area contributed by atoms with Crippen molar-refractivity contribution < 1.29 is 19.0 Å². The van der Waals surface area contributed by atoms with Gasteiger partial charge in [-0.1, -0.05) is 13.8 Å². The first-order valence-electron chi connectivity index (χ1n) is 12.1. The van der Waals surface area contributed by atoms with Crippen LogP contribution in [0.1, 0.15) is 79.0 Å². The Kier molecular flexibility index (Phi) is 8.80. The van der Waals surface area contributed by atoms with Crippen LogP contribution < -0.4 is 5.32 Å². The highest BCUT2D eigenvalue weighted by molar-refractivity contribution is 5.95. The lowest BCUT2D eigenvalue weighted by atomic mass is 9.89. The lowest BCUT2D eigenvalue weighted by Gasteiger charge is -2.29. The zero-order chi connectivity index (χ0) is 24.0. The van der Waals surface area contributed by atoms with Gasteiger partial charge >= 0.3 is 0 Å². The van der Waals surface area contributed by atoms with E-state index in [-0.39, 0.29) is 18.3 Å². The predicted molar refractivity (Wildman–Crippen MR) is 129 cm³/mol. The van der Waals surface area contributed by atoms with Gasteiger partial charge in [0, 0.05) is 25.4 Å². The molecule has 2 aliphatic carbocycles. The van der Waals surface area contributed by atoms with Crippen LogP contribution in [0.3, 0.4) is 0 Å². The van der Waals surface area contributed by atoms with Crippen molar-refractivity contribution in [2.75, 3.05) is 38.2 Å². The number of ether oxygens (including phenoxy) is 1. The fraction of sp³-hybridized carbons (Fsp3) is 0.538. The highest BCUT2D eigenvalue weighted by atomic mass is 19.1. The van der Waals surface area contributed by atoms with E-state index in [1.807, 2.05) is 24.8 Å². The zero-order valence-electron chi connectivity index (χ0n) is 20.2. The third-order valence-corrected chi connectivity index (χ3v) is 6.35. The van der Waals surface area contributed by atoms with Crippen LogP contribution in [0.15, 0.2) is 24.4 Å². The molecule has 0 radical (unpaired) electrons. The number of benzene rings is 1. The van der Waals surface area contributed by atoms with E-state index in [4.69, 9.17) is 9.84 Å². The van der Waals surface area contributed by atoms with Gasteiger partial charge in [-0.05, 0) is 79.8 Å². The molecule has 1 saturated carbocycles. The van der Waals surface area contributed by atoms with Crippen molar-refractivity contribution in [1.82, 2.24) is 9.88 Å². The highest BCUT2D eigenvalue weighted by Crippen LogP contribution is 2.56. The average molecular weight is 458 g/mol. The molecule has 7 heteroatoms. The van der Waals surface area contributed by atoms with Crippen molar-refractivity contribution in [3.63, 3.8) is 0 Å². The maximum Gasteiger partial charge on any atom is 0.272 e. The standard InChI is InChI=1S/C22H24FN3O2.C2H6O.C2H6/c1-13-10-16(4-5-17(13)23)25-18-12-24-21(22(27)26-6-8-28-9-7-26)20-15-3-2-14(11-15)19(18)20;1-2-3;1-2/h4-5,10,12,14-15,25H,2-3,6-9,11H2,1H3;3H,2H2,1H3;1-2H3. The minimum atomic E-state index is -0.209. The Balaban J connectivity index is 0.000000569. The molecule has 1 aliphatic heterocycles. The number of aliphatic hydroxyl groups excluding tert-OH is 1. The fourth-order valence-corrected chi connectivity index (χ4v) is 4.96. The quantitative estimate of drug-likeness (QED) is 0.668. The molecule has 2 aromatic rings. The number of aryl methyl sites for hydroxylation is 1. The molecule has 2 fully saturated rings. The van der Waals surface area contributed by atoms with Crippen LogP contribution in [-0.4, -0.2) is 53.8 Å². The summed E-state index contributed by atoms with van der Waals surface area (Å²) in [5, 5.41) is 11.0. The van der Waals surface area contributed by atoms with Gasteiger partial charge in [-0.2, -0.15) is 0 Å². The Hall–Kier alpha value is -2.51. The molecule has 33 heavy (non-hydrogen) atoms. The monoisotopic (exact) mass is 457 g/mol. The van der Waals surface area contributed by atoms with Crippen molar-refractivity contribution in [3.8, 4) is 0 Å². The van der Waals surface area contributed by atoms with Gasteiger partial charge < -0.3 is 20.1 Å². The molecule has 1 saturated heterocycles. The predicted octanol–water partition coefficient (Wildman–Crippen LogP) is 5.13. The summed E-state index contributed by atoms with van der Waals surface area (Å²) in [4.78, 5) is 19.6. The minimum Gasteiger partial charge on any atom is -0.397 e. The summed E-state index contributed by atoms with van der Waals surface area (Å²) in [6.45, 7) is 10.1. The number of rotatable bonds is 3. The number of carbonyl (C=O) groups is 1. The number of hydrogen-bond donors (Lipinski definition) is 2. The summed E-state index contributed by atoms with van der Waals surface area (Å²) in [6, 6.07) is 5.03. The SMILES string of the molecule is CC.CCO.Cc1cc(Nc2cnc(C(=O)N3CCOCC3)c3c2C2CCC3C2)ccc1F. The molecule has 180 valence electrons. The Labute approximate surface area is 196 Å². The third-order valence-electron chi connectivity index (χ3n) is 6.35. The van der Waals surface area contributed by atoms with E-state index >= 15 is 0 Å². The molecular formula is C26H36FN3O3. The highest BCUT2D eigenvalue weighted by Gasteiger charge is 2.42. The number of halogens is 1. The maximum absolute atomic E-state index is 13.6. The molecular weight excluding hydrogens is 421 g/mol. The zero-order valence-corrected chi connectivity index (χ0v) is 20.2. The molecule has 2 bridgehead atoms. The van der Waals surface area contributed by atoms with Crippen molar-refractivity contribution in [3.05, 3.63) is 52.6 Å².